The Bertz CT molecular complexity index is 1030. The second-order valence-corrected chi connectivity index (χ2v) is 15.7. The highest BCUT2D eigenvalue weighted by atomic mass is 16.5. The van der Waals surface area contributed by atoms with Gasteiger partial charge < -0.3 is 20.1 Å². The van der Waals surface area contributed by atoms with E-state index < -0.39 is 41.0 Å². The van der Waals surface area contributed by atoms with E-state index in [9.17, 15) is 24.3 Å². The molecule has 2 amide bonds. The normalized spacial score (nSPS) is 27.2. The zero-order chi connectivity index (χ0) is 31.5. The molecular weight excluding hydrogens is 534 g/mol. The molecule has 0 aromatic carbocycles. The Hall–Kier alpha value is -2.45. The lowest BCUT2D eigenvalue weighted by molar-refractivity contribution is -0.151. The van der Waals surface area contributed by atoms with Gasteiger partial charge in [-0.1, -0.05) is 73.1 Å². The minimum atomic E-state index is -1.00. The molecule has 42 heavy (non-hydrogen) atoms. The van der Waals surface area contributed by atoms with Crippen LogP contribution in [0, 0.1) is 22.2 Å². The summed E-state index contributed by atoms with van der Waals surface area (Å²) in [6, 6.07) is -2.78. The van der Waals surface area contributed by atoms with Gasteiger partial charge >= 0.3 is 5.97 Å². The van der Waals surface area contributed by atoms with E-state index in [-0.39, 0.29) is 28.6 Å². The van der Waals surface area contributed by atoms with Crippen molar-refractivity contribution in [1.82, 2.24) is 10.2 Å². The van der Waals surface area contributed by atoms with Gasteiger partial charge in [0.25, 0.3) is 5.90 Å². The number of rotatable bonds is 7. The number of carboxylic acids is 1. The van der Waals surface area contributed by atoms with Crippen LogP contribution in [-0.2, 0) is 23.9 Å². The summed E-state index contributed by atoms with van der Waals surface area (Å²) in [5, 5.41) is 13.3. The number of carboxylic acid groups (broad SMARTS) is 1. The molecule has 1 spiro atoms. The van der Waals surface area contributed by atoms with E-state index in [0.29, 0.717) is 19.3 Å². The molecule has 2 N–H and O–H groups in total. The molecule has 238 valence electrons. The Kier molecular flexibility index (Phi) is 10.6. The van der Waals surface area contributed by atoms with E-state index in [1.54, 1.807) is 0 Å². The van der Waals surface area contributed by atoms with Crippen LogP contribution >= 0.6 is 0 Å². The second kappa shape index (κ2) is 13.0. The topological polar surface area (TPSA) is 125 Å². The molecule has 2 aliphatic carbocycles. The van der Waals surface area contributed by atoms with Crippen molar-refractivity contribution in [1.29, 1.82) is 0 Å². The van der Waals surface area contributed by atoms with E-state index in [4.69, 9.17) is 4.74 Å². The molecule has 1 heterocycles. The number of carbonyl (C=O) groups is 4. The van der Waals surface area contributed by atoms with Crippen LogP contribution in [-0.4, -0.2) is 70.2 Å². The third kappa shape index (κ3) is 7.93. The maximum Gasteiger partial charge on any atom is 0.326 e. The number of nitrogens with zero attached hydrogens (tertiary/aromatic N) is 2. The molecule has 9 heteroatoms. The van der Waals surface area contributed by atoms with Crippen molar-refractivity contribution in [3.63, 3.8) is 0 Å². The average molecular weight is 590 g/mol. The molecule has 0 aromatic rings. The summed E-state index contributed by atoms with van der Waals surface area (Å²) >= 11 is 0. The van der Waals surface area contributed by atoms with Gasteiger partial charge in [-0.05, 0) is 75.0 Å². The molecule has 0 aromatic heterocycles. The first kappa shape index (κ1) is 34.0. The van der Waals surface area contributed by atoms with Gasteiger partial charge in [-0.2, -0.15) is 0 Å². The van der Waals surface area contributed by atoms with Gasteiger partial charge in [-0.25, -0.2) is 9.79 Å². The number of aliphatic carboxylic acids is 1. The van der Waals surface area contributed by atoms with Crippen LogP contribution in [0.15, 0.2) is 4.99 Å². The Balaban J connectivity index is 1.95. The van der Waals surface area contributed by atoms with Crippen molar-refractivity contribution < 1.29 is 29.0 Å². The van der Waals surface area contributed by atoms with Gasteiger partial charge in [0, 0.05) is 6.54 Å². The van der Waals surface area contributed by atoms with Crippen molar-refractivity contribution in [2.24, 2.45) is 27.2 Å². The van der Waals surface area contributed by atoms with Gasteiger partial charge in [-0.3, -0.25) is 14.4 Å². The molecule has 3 aliphatic rings. The predicted octanol–water partition coefficient (Wildman–Crippen LogP) is 5.54. The van der Waals surface area contributed by atoms with Gasteiger partial charge in [0.15, 0.2) is 0 Å². The molecule has 4 atom stereocenters. The van der Waals surface area contributed by atoms with Crippen molar-refractivity contribution in [3.05, 3.63) is 0 Å². The standard InChI is InChI=1S/C33H55N3O6/c1-30(2,3)26(28(39)36-21-33(19-23(36)29(40)41)18-14-10-13-17-32(33,7)8)35-27(38)25(22-15-11-9-12-16-22)34-24(20-37)42-31(4,5)6/h20,22-23,25-26H,9-19,21H2,1-8H3,(H,35,38)(H,40,41). The summed E-state index contributed by atoms with van der Waals surface area (Å²) in [6.07, 6.45) is 10.7. The minimum absolute atomic E-state index is 0.0819. The van der Waals surface area contributed by atoms with E-state index in [1.165, 1.54) is 4.90 Å². The Morgan fingerprint density at radius 1 is 0.976 bits per heavy atom. The van der Waals surface area contributed by atoms with Gasteiger partial charge in [-0.15, -0.1) is 0 Å². The predicted molar refractivity (Wildman–Crippen MR) is 163 cm³/mol. The molecule has 2 saturated carbocycles. The smallest absolute Gasteiger partial charge is 0.326 e. The molecule has 4 unspecified atom stereocenters. The highest BCUT2D eigenvalue weighted by Gasteiger charge is 2.57. The summed E-state index contributed by atoms with van der Waals surface area (Å²) in [5.41, 5.74) is -1.75. The number of aldehydes is 1. The van der Waals surface area contributed by atoms with Crippen molar-refractivity contribution in [3.8, 4) is 0 Å². The van der Waals surface area contributed by atoms with Crippen molar-refractivity contribution in [2.75, 3.05) is 6.54 Å². The monoisotopic (exact) mass is 589 g/mol. The lowest BCUT2D eigenvalue weighted by atomic mass is 9.61. The lowest BCUT2D eigenvalue weighted by Crippen LogP contribution is -2.59. The summed E-state index contributed by atoms with van der Waals surface area (Å²) in [4.78, 5) is 58.9. The molecule has 1 saturated heterocycles. The molecule has 1 aliphatic heterocycles. The highest BCUT2D eigenvalue weighted by Crippen LogP contribution is 2.56. The highest BCUT2D eigenvalue weighted by molar-refractivity contribution is 6.24. The quantitative estimate of drug-likeness (QED) is 0.228. The third-order valence-corrected chi connectivity index (χ3v) is 9.94. The Morgan fingerprint density at radius 3 is 2.12 bits per heavy atom. The van der Waals surface area contributed by atoms with Crippen LogP contribution in [0.3, 0.4) is 0 Å². The fourth-order valence-corrected chi connectivity index (χ4v) is 7.32. The van der Waals surface area contributed by atoms with Crippen molar-refractivity contribution in [2.45, 2.75) is 150 Å². The van der Waals surface area contributed by atoms with Gasteiger partial charge in [0.1, 0.15) is 23.7 Å². The number of nitrogens with one attached hydrogen (secondary N) is 1. The average Bonchev–Trinajstić information content (AvgIpc) is 3.23. The number of likely N-dealkylation sites (tertiary alicyclic amines) is 1. The minimum Gasteiger partial charge on any atom is -0.480 e. The third-order valence-electron chi connectivity index (χ3n) is 9.94. The molecule has 0 radical (unpaired) electrons. The molecule has 0 bridgehead atoms. The maximum atomic E-state index is 14.4. The number of hydrogen-bond acceptors (Lipinski definition) is 6. The molecule has 9 nitrogen and oxygen atoms in total. The fraction of sp³-hybridized carbons (Fsp3) is 0.848. The largest absolute Gasteiger partial charge is 0.480 e. The van der Waals surface area contributed by atoms with Crippen LogP contribution in [0.2, 0.25) is 0 Å². The first-order valence-electron chi connectivity index (χ1n) is 16.0. The maximum absolute atomic E-state index is 14.4. The van der Waals surface area contributed by atoms with Crippen LogP contribution in [0.4, 0.5) is 0 Å². The number of ether oxygens (including phenoxy) is 1. The first-order chi connectivity index (χ1) is 19.4. The van der Waals surface area contributed by atoms with Crippen molar-refractivity contribution >= 4 is 30.0 Å². The van der Waals surface area contributed by atoms with E-state index >= 15 is 0 Å². The zero-order valence-electron chi connectivity index (χ0n) is 27.3. The fourth-order valence-electron chi connectivity index (χ4n) is 7.32. The molecule has 3 rings (SSSR count). The van der Waals surface area contributed by atoms with Crippen LogP contribution in [0.25, 0.3) is 0 Å². The zero-order valence-corrected chi connectivity index (χ0v) is 27.3. The number of carbonyl (C=O) groups excluding carboxylic acids is 3. The number of aliphatic imine (C=N–C) groups is 1. The van der Waals surface area contributed by atoms with Crippen LogP contribution in [0.1, 0.15) is 126 Å². The molecule has 3 fully saturated rings. The summed E-state index contributed by atoms with van der Waals surface area (Å²) in [5.74, 6) is -2.01. The van der Waals surface area contributed by atoms with E-state index in [0.717, 1.165) is 64.2 Å². The van der Waals surface area contributed by atoms with Crippen LogP contribution in [0.5, 0.6) is 0 Å². The lowest BCUT2D eigenvalue weighted by Gasteiger charge is -2.43. The number of hydrogen-bond donors (Lipinski definition) is 2. The Labute approximate surface area is 252 Å². The summed E-state index contributed by atoms with van der Waals surface area (Å²) < 4.78 is 5.75. The van der Waals surface area contributed by atoms with Crippen LogP contribution < -0.4 is 5.32 Å². The second-order valence-electron chi connectivity index (χ2n) is 15.7. The Morgan fingerprint density at radius 2 is 1.57 bits per heavy atom. The molecular formula is C33H55N3O6. The van der Waals surface area contributed by atoms with Gasteiger partial charge in [0.05, 0.1) is 0 Å². The van der Waals surface area contributed by atoms with E-state index in [2.05, 4.69) is 24.2 Å². The first-order valence-corrected chi connectivity index (χ1v) is 16.0. The van der Waals surface area contributed by atoms with E-state index in [1.807, 2.05) is 41.5 Å². The summed E-state index contributed by atoms with van der Waals surface area (Å²) in [7, 11) is 0. The van der Waals surface area contributed by atoms with Gasteiger partial charge in [0.2, 0.25) is 18.1 Å². The number of amides is 2. The summed E-state index contributed by atoms with van der Waals surface area (Å²) in [6.45, 7) is 15.9. The SMILES string of the molecule is CC(C)(C)OC(C=O)=NC(C(=O)NC(C(=O)N1CC2(CCCCCC2(C)C)CC1C(=O)O)C(C)(C)C)C1CCCCC1.